The molecular formula is C11H18N4O. The lowest BCUT2D eigenvalue weighted by molar-refractivity contribution is -0.116. The van der Waals surface area contributed by atoms with Crippen molar-refractivity contribution in [2.45, 2.75) is 32.9 Å². The van der Waals surface area contributed by atoms with E-state index in [0.29, 0.717) is 17.4 Å². The molecule has 2 aliphatic rings. The smallest absolute Gasteiger partial charge is 0.273 e. The Morgan fingerprint density at radius 2 is 2.19 bits per heavy atom. The van der Waals surface area contributed by atoms with Crippen LogP contribution in [0.3, 0.4) is 0 Å². The lowest BCUT2D eigenvalue weighted by Crippen LogP contribution is -2.40. The van der Waals surface area contributed by atoms with Gasteiger partial charge in [-0.1, -0.05) is 13.8 Å². The Hall–Kier alpha value is -1.65. The fraction of sp³-hybridized carbons (Fsp3) is 0.545. The van der Waals surface area contributed by atoms with Crippen LogP contribution in [-0.4, -0.2) is 17.0 Å². The van der Waals surface area contributed by atoms with Gasteiger partial charge in [-0.05, 0) is 18.8 Å². The van der Waals surface area contributed by atoms with E-state index in [1.807, 2.05) is 11.1 Å². The first-order chi connectivity index (χ1) is 7.69. The number of hydrogen-bond donors (Lipinski definition) is 3. The number of carbonyl (C=O) groups is 1. The summed E-state index contributed by atoms with van der Waals surface area (Å²) >= 11 is 0. The summed E-state index contributed by atoms with van der Waals surface area (Å²) in [5.41, 5.74) is 6.31. The quantitative estimate of drug-likeness (QED) is 0.646. The Labute approximate surface area is 95.4 Å². The third-order valence-corrected chi connectivity index (χ3v) is 3.28. The van der Waals surface area contributed by atoms with Gasteiger partial charge in [0.1, 0.15) is 17.7 Å². The Kier molecular flexibility index (Phi) is 2.77. The van der Waals surface area contributed by atoms with Crippen molar-refractivity contribution in [3.05, 3.63) is 23.9 Å². The molecule has 0 saturated carbocycles. The average molecular weight is 222 g/mol. The van der Waals surface area contributed by atoms with Crippen LogP contribution in [0.1, 0.15) is 26.7 Å². The molecule has 5 nitrogen and oxygen atoms in total. The number of hydrogen-bond acceptors (Lipinski definition) is 4. The molecule has 0 aromatic rings. The molecule has 2 heterocycles. The van der Waals surface area contributed by atoms with E-state index >= 15 is 0 Å². The van der Waals surface area contributed by atoms with Gasteiger partial charge in [-0.3, -0.25) is 4.79 Å². The first kappa shape index (κ1) is 10.9. The molecule has 0 radical (unpaired) electrons. The van der Waals surface area contributed by atoms with Crippen LogP contribution in [-0.2, 0) is 4.79 Å². The highest BCUT2D eigenvalue weighted by atomic mass is 16.2. The second-order valence-electron chi connectivity index (χ2n) is 4.12. The Morgan fingerprint density at radius 3 is 2.81 bits per heavy atom. The van der Waals surface area contributed by atoms with Crippen LogP contribution in [0.4, 0.5) is 0 Å². The van der Waals surface area contributed by atoms with Gasteiger partial charge in [-0.25, -0.2) is 0 Å². The highest BCUT2D eigenvalue weighted by Crippen LogP contribution is 2.27. The topological polar surface area (TPSA) is 70.4 Å². The predicted octanol–water partition coefficient (Wildman–Crippen LogP) is 0.383. The summed E-state index contributed by atoms with van der Waals surface area (Å²) in [6.07, 6.45) is 5.73. The summed E-state index contributed by atoms with van der Waals surface area (Å²) < 4.78 is 0. The summed E-state index contributed by atoms with van der Waals surface area (Å²) in [4.78, 5) is 13.7. The fourth-order valence-electron chi connectivity index (χ4n) is 2.31. The van der Waals surface area contributed by atoms with Crippen molar-refractivity contribution < 1.29 is 4.79 Å². The van der Waals surface area contributed by atoms with Crippen molar-refractivity contribution >= 4 is 5.91 Å². The van der Waals surface area contributed by atoms with Gasteiger partial charge < -0.3 is 21.3 Å². The van der Waals surface area contributed by atoms with E-state index in [0.717, 1.165) is 12.8 Å². The zero-order chi connectivity index (χ0) is 11.7. The molecule has 0 aromatic heterocycles. The van der Waals surface area contributed by atoms with Gasteiger partial charge in [0.15, 0.2) is 0 Å². The molecule has 4 N–H and O–H groups in total. The normalized spacial score (nSPS) is 23.6. The van der Waals surface area contributed by atoms with Crippen molar-refractivity contribution in [3.63, 3.8) is 0 Å². The first-order valence-corrected chi connectivity index (χ1v) is 5.71. The van der Waals surface area contributed by atoms with Crippen molar-refractivity contribution in [1.82, 2.24) is 15.5 Å². The van der Waals surface area contributed by atoms with E-state index in [-0.39, 0.29) is 12.1 Å². The molecular weight excluding hydrogens is 204 g/mol. The molecule has 1 amide bonds. The average Bonchev–Trinajstić information content (AvgIpc) is 2.60. The molecule has 0 spiro atoms. The van der Waals surface area contributed by atoms with E-state index in [1.165, 1.54) is 0 Å². The van der Waals surface area contributed by atoms with Gasteiger partial charge in [0.2, 0.25) is 0 Å². The number of carbonyl (C=O) groups excluding carboxylic acids is 1. The van der Waals surface area contributed by atoms with Gasteiger partial charge >= 0.3 is 0 Å². The molecule has 2 aliphatic heterocycles. The summed E-state index contributed by atoms with van der Waals surface area (Å²) in [5, 5.41) is 5.84. The Balaban J connectivity index is 2.29. The van der Waals surface area contributed by atoms with Crippen molar-refractivity contribution in [1.29, 1.82) is 0 Å². The van der Waals surface area contributed by atoms with E-state index < -0.39 is 0 Å². The molecule has 1 atom stereocenters. The zero-order valence-corrected chi connectivity index (χ0v) is 9.66. The second-order valence-corrected chi connectivity index (χ2v) is 4.12. The number of amides is 1. The van der Waals surface area contributed by atoms with Crippen LogP contribution in [0.5, 0.6) is 0 Å². The monoisotopic (exact) mass is 222 g/mol. The van der Waals surface area contributed by atoms with E-state index in [9.17, 15) is 4.79 Å². The minimum absolute atomic E-state index is 0.0365. The van der Waals surface area contributed by atoms with Crippen LogP contribution in [0.25, 0.3) is 0 Å². The Bertz CT molecular complexity index is 357. The number of nitrogens with two attached hydrogens (primary N) is 1. The van der Waals surface area contributed by atoms with Gasteiger partial charge in [0.05, 0.1) is 0 Å². The molecule has 5 heteroatoms. The van der Waals surface area contributed by atoms with Crippen LogP contribution in [0.2, 0.25) is 0 Å². The highest BCUT2D eigenvalue weighted by Gasteiger charge is 2.39. The molecule has 1 fully saturated rings. The lowest BCUT2D eigenvalue weighted by atomic mass is 9.99. The first-order valence-electron chi connectivity index (χ1n) is 5.71. The molecule has 1 unspecified atom stereocenters. The molecule has 0 aliphatic carbocycles. The summed E-state index contributed by atoms with van der Waals surface area (Å²) in [7, 11) is 0. The standard InChI is InChI=1S/C11H18N4O/c1-3-7(4-2)10-14-11(16)8-9(12)13-5-6-15(8)10/h5-7,10,13H,3-4,12H2,1-2H3,(H,14,16). The fourth-order valence-corrected chi connectivity index (χ4v) is 2.31. The van der Waals surface area contributed by atoms with Gasteiger partial charge in [-0.15, -0.1) is 0 Å². The molecule has 0 bridgehead atoms. The molecule has 16 heavy (non-hydrogen) atoms. The SMILES string of the molecule is CCC(CC)C1NC(=O)C2=C(N)NC=CN21. The third-order valence-electron chi connectivity index (χ3n) is 3.28. The number of rotatable bonds is 3. The number of fused-ring (bicyclic) bond motifs is 1. The van der Waals surface area contributed by atoms with Crippen LogP contribution < -0.4 is 16.4 Å². The maximum atomic E-state index is 11.8. The van der Waals surface area contributed by atoms with E-state index in [1.54, 1.807) is 6.20 Å². The highest BCUT2D eigenvalue weighted by molar-refractivity contribution is 5.96. The summed E-state index contributed by atoms with van der Waals surface area (Å²) in [6.45, 7) is 4.27. The van der Waals surface area contributed by atoms with Crippen molar-refractivity contribution in [2.75, 3.05) is 0 Å². The van der Waals surface area contributed by atoms with Gasteiger partial charge in [0.25, 0.3) is 5.91 Å². The van der Waals surface area contributed by atoms with Crippen molar-refractivity contribution in [2.24, 2.45) is 11.7 Å². The minimum atomic E-state index is -0.0914. The van der Waals surface area contributed by atoms with Crippen LogP contribution in [0, 0.1) is 5.92 Å². The van der Waals surface area contributed by atoms with Gasteiger partial charge in [-0.2, -0.15) is 0 Å². The minimum Gasteiger partial charge on any atom is -0.383 e. The number of nitrogens with zero attached hydrogens (tertiary/aromatic N) is 1. The molecule has 1 saturated heterocycles. The lowest BCUT2D eigenvalue weighted by Gasteiger charge is -2.30. The Morgan fingerprint density at radius 1 is 1.50 bits per heavy atom. The summed E-state index contributed by atoms with van der Waals surface area (Å²) in [5.74, 6) is 0.775. The molecule has 2 rings (SSSR count). The third kappa shape index (κ3) is 1.52. The van der Waals surface area contributed by atoms with E-state index in [4.69, 9.17) is 5.73 Å². The second kappa shape index (κ2) is 4.08. The van der Waals surface area contributed by atoms with Crippen molar-refractivity contribution in [3.8, 4) is 0 Å². The molecule has 0 aromatic carbocycles. The van der Waals surface area contributed by atoms with Crippen LogP contribution in [0.15, 0.2) is 23.9 Å². The zero-order valence-electron chi connectivity index (χ0n) is 9.66. The molecule has 88 valence electrons. The number of nitrogens with one attached hydrogen (secondary N) is 2. The van der Waals surface area contributed by atoms with Gasteiger partial charge in [0, 0.05) is 12.4 Å². The maximum Gasteiger partial charge on any atom is 0.273 e. The predicted molar refractivity (Wildman–Crippen MR) is 61.3 cm³/mol. The summed E-state index contributed by atoms with van der Waals surface area (Å²) in [6, 6.07) is 0. The van der Waals surface area contributed by atoms with E-state index in [2.05, 4.69) is 24.5 Å². The largest absolute Gasteiger partial charge is 0.383 e. The van der Waals surface area contributed by atoms with Crippen LogP contribution >= 0.6 is 0 Å². The maximum absolute atomic E-state index is 11.8.